The van der Waals surface area contributed by atoms with Crippen LogP contribution in [-0.4, -0.2) is 55.7 Å². The Balaban J connectivity index is 1.42. The molecule has 1 aliphatic rings. The number of ether oxygens (including phenoxy) is 1. The van der Waals surface area contributed by atoms with E-state index in [9.17, 15) is 5.11 Å². The van der Waals surface area contributed by atoms with Crippen LogP contribution in [0.5, 0.6) is 5.75 Å². The molecular weight excluding hydrogens is 416 g/mol. The van der Waals surface area contributed by atoms with Crippen LogP contribution in [0.1, 0.15) is 5.56 Å². The third-order valence-corrected chi connectivity index (χ3v) is 5.54. The number of aliphatic hydroxyl groups excluding tert-OH is 1. The Hall–Kier alpha value is -3.20. The first-order valence-corrected chi connectivity index (χ1v) is 10.3. The minimum atomic E-state index is -0.216. The molecule has 158 valence electrons. The molecule has 9 heteroatoms. The molecule has 1 aliphatic heterocycles. The van der Waals surface area contributed by atoms with Crippen molar-refractivity contribution < 1.29 is 9.84 Å². The lowest BCUT2D eigenvalue weighted by Crippen LogP contribution is -2.49. The number of β-amino-alcohol motifs (C(OH)–C–C–N with tert-alkyl or cyclic N) is 1. The number of pyridine rings is 1. The van der Waals surface area contributed by atoms with Gasteiger partial charge in [-0.05, 0) is 29.8 Å². The highest BCUT2D eigenvalue weighted by Crippen LogP contribution is 2.31. The first-order valence-electron chi connectivity index (χ1n) is 9.90. The summed E-state index contributed by atoms with van der Waals surface area (Å²) in [4.78, 5) is 15.5. The zero-order chi connectivity index (χ0) is 21.4. The van der Waals surface area contributed by atoms with E-state index >= 15 is 0 Å². The number of imidazole rings is 1. The number of likely N-dealkylation sites (tertiary alicyclic amines) is 1. The van der Waals surface area contributed by atoms with Gasteiger partial charge < -0.3 is 15.2 Å². The van der Waals surface area contributed by atoms with Crippen molar-refractivity contribution in [3.63, 3.8) is 0 Å². The van der Waals surface area contributed by atoms with Gasteiger partial charge in [0.15, 0.2) is 0 Å². The van der Waals surface area contributed by atoms with Crippen LogP contribution in [0.4, 0.5) is 11.6 Å². The molecule has 0 atom stereocenters. The summed E-state index contributed by atoms with van der Waals surface area (Å²) < 4.78 is 7.50. The van der Waals surface area contributed by atoms with E-state index in [1.165, 1.54) is 0 Å². The van der Waals surface area contributed by atoms with E-state index in [0.29, 0.717) is 35.5 Å². The molecule has 31 heavy (non-hydrogen) atoms. The molecule has 1 aromatic carbocycles. The monoisotopic (exact) mass is 436 g/mol. The highest BCUT2D eigenvalue weighted by Gasteiger charge is 2.24. The van der Waals surface area contributed by atoms with Crippen molar-refractivity contribution >= 4 is 28.9 Å². The third kappa shape index (κ3) is 3.93. The molecule has 4 aromatic rings. The van der Waals surface area contributed by atoms with Crippen molar-refractivity contribution in [2.24, 2.45) is 0 Å². The van der Waals surface area contributed by atoms with Gasteiger partial charge in [0.25, 0.3) is 0 Å². The fourth-order valence-corrected chi connectivity index (χ4v) is 3.89. The summed E-state index contributed by atoms with van der Waals surface area (Å²) in [7, 11) is 1.63. The second-order valence-electron chi connectivity index (χ2n) is 7.47. The number of benzene rings is 1. The Labute approximate surface area is 184 Å². The molecule has 0 unspecified atom stereocenters. The smallest absolute Gasteiger partial charge is 0.227 e. The van der Waals surface area contributed by atoms with Crippen molar-refractivity contribution in [3.05, 3.63) is 65.6 Å². The predicted octanol–water partition coefficient (Wildman–Crippen LogP) is 3.37. The first kappa shape index (κ1) is 19.7. The summed E-state index contributed by atoms with van der Waals surface area (Å²) in [5, 5.41) is 13.1. The van der Waals surface area contributed by atoms with Gasteiger partial charge in [0.05, 0.1) is 42.0 Å². The van der Waals surface area contributed by atoms with Crippen LogP contribution in [0.2, 0.25) is 5.02 Å². The summed E-state index contributed by atoms with van der Waals surface area (Å²) in [6.45, 7) is 2.17. The number of hydrogen-bond donors (Lipinski definition) is 2. The third-order valence-electron chi connectivity index (χ3n) is 5.26. The fraction of sp³-hybridized carbons (Fsp3) is 0.227. The standard InChI is InChI=1S/C22H21ClN6O2/c1-31-19-8-14(11-28-12-15(30)13-28)5-6-17(19)26-22-25-9-16(23)21(27-22)18-10-24-20-4-2-3-7-29(18)20/h2-10,15,30H,11-13H2,1H3,(H,25,26,27). The largest absolute Gasteiger partial charge is 0.495 e. The highest BCUT2D eigenvalue weighted by molar-refractivity contribution is 6.32. The molecule has 1 saturated heterocycles. The molecule has 0 bridgehead atoms. The average molecular weight is 437 g/mol. The van der Waals surface area contributed by atoms with Gasteiger partial charge in [-0.2, -0.15) is 0 Å². The minimum absolute atomic E-state index is 0.216. The Morgan fingerprint density at radius 2 is 2.06 bits per heavy atom. The second kappa shape index (κ2) is 8.14. The summed E-state index contributed by atoms with van der Waals surface area (Å²) in [6, 6.07) is 11.7. The minimum Gasteiger partial charge on any atom is -0.495 e. The topological polar surface area (TPSA) is 87.8 Å². The van der Waals surface area contributed by atoms with E-state index < -0.39 is 0 Å². The number of nitrogens with zero attached hydrogens (tertiary/aromatic N) is 5. The van der Waals surface area contributed by atoms with E-state index in [4.69, 9.17) is 16.3 Å². The fourth-order valence-electron chi connectivity index (χ4n) is 3.70. The van der Waals surface area contributed by atoms with Crippen LogP contribution in [0, 0.1) is 0 Å². The number of rotatable bonds is 6. The summed E-state index contributed by atoms with van der Waals surface area (Å²) in [5.74, 6) is 1.09. The van der Waals surface area contributed by atoms with Gasteiger partial charge in [-0.15, -0.1) is 0 Å². The molecule has 1 fully saturated rings. The quantitative estimate of drug-likeness (QED) is 0.479. The van der Waals surface area contributed by atoms with E-state index in [2.05, 4.69) is 25.2 Å². The van der Waals surface area contributed by atoms with Crippen LogP contribution >= 0.6 is 11.6 Å². The zero-order valence-corrected chi connectivity index (χ0v) is 17.6. The van der Waals surface area contributed by atoms with Gasteiger partial charge in [0.1, 0.15) is 17.1 Å². The maximum absolute atomic E-state index is 9.47. The molecule has 2 N–H and O–H groups in total. The van der Waals surface area contributed by atoms with Crippen LogP contribution in [0.15, 0.2) is 55.0 Å². The van der Waals surface area contributed by atoms with Crippen molar-refractivity contribution in [2.45, 2.75) is 12.6 Å². The SMILES string of the molecule is COc1cc(CN2CC(O)C2)ccc1Nc1ncc(Cl)c(-c2cnc3ccccn23)n1. The lowest BCUT2D eigenvalue weighted by Gasteiger charge is -2.35. The second-order valence-corrected chi connectivity index (χ2v) is 7.88. The molecule has 5 rings (SSSR count). The van der Waals surface area contributed by atoms with E-state index in [-0.39, 0.29) is 6.10 Å². The maximum atomic E-state index is 9.47. The lowest BCUT2D eigenvalue weighted by atomic mass is 10.1. The molecule has 0 saturated carbocycles. The Morgan fingerprint density at radius 1 is 1.19 bits per heavy atom. The van der Waals surface area contributed by atoms with Crippen LogP contribution in [0.3, 0.4) is 0 Å². The van der Waals surface area contributed by atoms with Gasteiger partial charge in [-0.1, -0.05) is 23.7 Å². The zero-order valence-electron chi connectivity index (χ0n) is 16.9. The average Bonchev–Trinajstić information content (AvgIpc) is 3.19. The van der Waals surface area contributed by atoms with Gasteiger partial charge in [0.2, 0.25) is 5.95 Å². The molecule has 3 aromatic heterocycles. The highest BCUT2D eigenvalue weighted by atomic mass is 35.5. The van der Waals surface area contributed by atoms with Gasteiger partial charge >= 0.3 is 0 Å². The first-order chi connectivity index (χ1) is 15.1. The van der Waals surface area contributed by atoms with E-state index in [1.54, 1.807) is 19.5 Å². The Kier molecular flexibility index (Phi) is 5.19. The molecule has 8 nitrogen and oxygen atoms in total. The normalized spacial score (nSPS) is 14.5. The van der Waals surface area contributed by atoms with Crippen molar-refractivity contribution in [2.75, 3.05) is 25.5 Å². The summed E-state index contributed by atoms with van der Waals surface area (Å²) in [6.07, 6.45) is 5.02. The predicted molar refractivity (Wildman–Crippen MR) is 119 cm³/mol. The molecule has 4 heterocycles. The summed E-state index contributed by atoms with van der Waals surface area (Å²) >= 11 is 6.41. The molecule has 0 spiro atoms. The van der Waals surface area contributed by atoms with E-state index in [0.717, 1.165) is 29.1 Å². The molecular formula is C22H21ClN6O2. The van der Waals surface area contributed by atoms with Crippen molar-refractivity contribution in [1.82, 2.24) is 24.3 Å². The maximum Gasteiger partial charge on any atom is 0.227 e. The van der Waals surface area contributed by atoms with Gasteiger partial charge in [-0.3, -0.25) is 9.30 Å². The number of anilines is 2. The van der Waals surface area contributed by atoms with Crippen LogP contribution < -0.4 is 10.1 Å². The number of nitrogens with one attached hydrogen (secondary N) is 1. The van der Waals surface area contributed by atoms with Crippen molar-refractivity contribution in [3.8, 4) is 17.1 Å². The molecule has 0 amide bonds. The number of halogens is 1. The van der Waals surface area contributed by atoms with E-state index in [1.807, 2.05) is 47.0 Å². The summed E-state index contributed by atoms with van der Waals surface area (Å²) in [5.41, 5.74) is 4.04. The van der Waals surface area contributed by atoms with Gasteiger partial charge in [-0.25, -0.2) is 15.0 Å². The lowest BCUT2D eigenvalue weighted by molar-refractivity contribution is -0.00288. The number of methoxy groups -OCH3 is 1. The number of aromatic nitrogens is 4. The van der Waals surface area contributed by atoms with Gasteiger partial charge in [0, 0.05) is 25.8 Å². The van der Waals surface area contributed by atoms with Crippen molar-refractivity contribution in [1.29, 1.82) is 0 Å². The van der Waals surface area contributed by atoms with Crippen LogP contribution in [0.25, 0.3) is 17.0 Å². The Morgan fingerprint density at radius 3 is 2.87 bits per heavy atom. The van der Waals surface area contributed by atoms with Crippen LogP contribution in [-0.2, 0) is 6.54 Å². The molecule has 0 aliphatic carbocycles. The number of hydrogen-bond acceptors (Lipinski definition) is 7. The number of fused-ring (bicyclic) bond motifs is 1. The molecule has 0 radical (unpaired) electrons. The number of aliphatic hydroxyl groups is 1. The Bertz CT molecular complexity index is 1240.